The van der Waals surface area contributed by atoms with Gasteiger partial charge in [-0.2, -0.15) is 0 Å². The lowest BCUT2D eigenvalue weighted by Gasteiger charge is -2.25. The van der Waals surface area contributed by atoms with Crippen molar-refractivity contribution < 1.29 is 9.59 Å². The predicted octanol–water partition coefficient (Wildman–Crippen LogP) is 3.96. The first-order valence-corrected chi connectivity index (χ1v) is 8.76. The lowest BCUT2D eigenvalue weighted by Crippen LogP contribution is -2.37. The Balaban J connectivity index is 1.65. The highest BCUT2D eigenvalue weighted by atomic mass is 16.2. The van der Waals surface area contributed by atoms with Crippen LogP contribution in [0.25, 0.3) is 0 Å². The number of rotatable bonds is 4. The minimum absolute atomic E-state index is 0.0844. The van der Waals surface area contributed by atoms with E-state index in [9.17, 15) is 9.59 Å². The molecular weight excluding hydrogens is 324 g/mol. The number of Topliss-reactive ketones (excluding diaryl/α,β-unsaturated/α-hetero) is 1. The minimum Gasteiger partial charge on any atom is -0.344 e. The summed E-state index contributed by atoms with van der Waals surface area (Å²) in [5.74, 6) is -0.202. The molecule has 0 saturated heterocycles. The summed E-state index contributed by atoms with van der Waals surface area (Å²) in [6, 6.07) is 20.8. The predicted molar refractivity (Wildman–Crippen MR) is 102 cm³/mol. The highest BCUT2D eigenvalue weighted by Gasteiger charge is 2.33. The first kappa shape index (κ1) is 16.3. The third-order valence-electron chi connectivity index (χ3n) is 4.88. The van der Waals surface area contributed by atoms with Gasteiger partial charge < -0.3 is 9.47 Å². The molecule has 1 aliphatic rings. The van der Waals surface area contributed by atoms with E-state index in [0.717, 1.165) is 16.9 Å². The molecule has 2 aromatic carbocycles. The zero-order valence-corrected chi connectivity index (χ0v) is 14.6. The molecule has 4 nitrogen and oxygen atoms in total. The second-order valence-corrected chi connectivity index (χ2v) is 6.72. The highest BCUT2D eigenvalue weighted by Crippen LogP contribution is 2.26. The van der Waals surface area contributed by atoms with Crippen molar-refractivity contribution >= 4 is 17.4 Å². The van der Waals surface area contributed by atoms with Crippen LogP contribution in [0.2, 0.25) is 0 Å². The van der Waals surface area contributed by atoms with Crippen LogP contribution in [0.3, 0.4) is 0 Å². The average Bonchev–Trinajstić information content (AvgIpc) is 3.24. The van der Waals surface area contributed by atoms with Gasteiger partial charge in [-0.3, -0.25) is 9.59 Å². The van der Waals surface area contributed by atoms with Crippen molar-refractivity contribution in [2.75, 3.05) is 11.4 Å². The summed E-state index contributed by atoms with van der Waals surface area (Å²) in [5.41, 5.74) is 3.30. The minimum atomic E-state index is -0.222. The summed E-state index contributed by atoms with van der Waals surface area (Å²) < 4.78 is 1.97. The van der Waals surface area contributed by atoms with Crippen LogP contribution in [-0.4, -0.2) is 22.8 Å². The molecule has 0 aliphatic carbocycles. The van der Waals surface area contributed by atoms with Gasteiger partial charge >= 0.3 is 0 Å². The molecule has 3 aromatic rings. The van der Waals surface area contributed by atoms with Crippen LogP contribution in [0.4, 0.5) is 5.69 Å². The molecular formula is C22H20N2O2. The first-order chi connectivity index (χ1) is 12.6. The number of benzene rings is 2. The number of amides is 1. The van der Waals surface area contributed by atoms with E-state index in [1.165, 1.54) is 0 Å². The summed E-state index contributed by atoms with van der Waals surface area (Å²) in [5, 5.41) is 0. The maximum atomic E-state index is 13.1. The van der Waals surface area contributed by atoms with Crippen molar-refractivity contribution in [1.29, 1.82) is 0 Å². The number of hydrogen-bond donors (Lipinski definition) is 0. The van der Waals surface area contributed by atoms with Gasteiger partial charge in [-0.15, -0.1) is 0 Å². The Labute approximate surface area is 152 Å². The fourth-order valence-electron chi connectivity index (χ4n) is 3.45. The van der Waals surface area contributed by atoms with Gasteiger partial charge in [0.05, 0.1) is 11.6 Å². The molecule has 4 heteroatoms. The molecule has 0 saturated carbocycles. The van der Waals surface area contributed by atoms with Crippen LogP contribution in [0, 0.1) is 12.8 Å². The summed E-state index contributed by atoms with van der Waals surface area (Å²) in [6.07, 6.45) is 1.92. The van der Waals surface area contributed by atoms with E-state index < -0.39 is 0 Å². The first-order valence-electron chi connectivity index (χ1n) is 8.76. The molecule has 0 spiro atoms. The second-order valence-electron chi connectivity index (χ2n) is 6.72. The van der Waals surface area contributed by atoms with Gasteiger partial charge in [0.25, 0.3) is 5.91 Å². The van der Waals surface area contributed by atoms with Gasteiger partial charge in [-0.05, 0) is 43.3 Å². The van der Waals surface area contributed by atoms with Gasteiger partial charge in [0, 0.05) is 30.5 Å². The van der Waals surface area contributed by atoms with Gasteiger partial charge in [0.15, 0.2) is 5.78 Å². The number of carbonyl (C=O) groups excluding carboxylic acids is 2. The van der Waals surface area contributed by atoms with Crippen molar-refractivity contribution in [1.82, 2.24) is 4.57 Å². The van der Waals surface area contributed by atoms with Crippen molar-refractivity contribution in [2.24, 2.45) is 5.92 Å². The van der Waals surface area contributed by atoms with E-state index in [4.69, 9.17) is 0 Å². The lowest BCUT2D eigenvalue weighted by atomic mass is 10.0. The van der Waals surface area contributed by atoms with Gasteiger partial charge in [-0.25, -0.2) is 0 Å². The third kappa shape index (κ3) is 2.94. The summed E-state index contributed by atoms with van der Waals surface area (Å²) >= 11 is 0. The van der Waals surface area contributed by atoms with E-state index in [2.05, 4.69) is 0 Å². The van der Waals surface area contributed by atoms with Crippen molar-refractivity contribution in [3.05, 3.63) is 89.7 Å². The topological polar surface area (TPSA) is 42.3 Å². The average molecular weight is 344 g/mol. The normalized spacial score (nSPS) is 15.7. The SMILES string of the molecule is Cc1ccc(N(CC2Cn3cccc3C2=O)C(=O)c2ccccc2)cc1. The smallest absolute Gasteiger partial charge is 0.258 e. The van der Waals surface area contributed by atoms with Gasteiger partial charge in [0.2, 0.25) is 0 Å². The van der Waals surface area contributed by atoms with E-state index in [1.54, 1.807) is 4.90 Å². The summed E-state index contributed by atoms with van der Waals surface area (Å²) in [7, 11) is 0. The van der Waals surface area contributed by atoms with Gasteiger partial charge in [0.1, 0.15) is 0 Å². The molecule has 0 N–H and O–H groups in total. The lowest BCUT2D eigenvalue weighted by molar-refractivity contribution is 0.0926. The number of aryl methyl sites for hydroxylation is 1. The Kier molecular flexibility index (Phi) is 4.17. The number of fused-ring (bicyclic) bond motifs is 1. The fraction of sp³-hybridized carbons (Fsp3) is 0.182. The van der Waals surface area contributed by atoms with Crippen LogP contribution < -0.4 is 4.90 Å². The molecule has 26 heavy (non-hydrogen) atoms. The molecule has 0 fully saturated rings. The molecule has 0 radical (unpaired) electrons. The molecule has 4 rings (SSSR count). The maximum Gasteiger partial charge on any atom is 0.258 e. The number of carbonyl (C=O) groups is 2. The van der Waals surface area contributed by atoms with Crippen molar-refractivity contribution in [3.63, 3.8) is 0 Å². The van der Waals surface area contributed by atoms with Crippen LogP contribution in [0.5, 0.6) is 0 Å². The van der Waals surface area contributed by atoms with Crippen LogP contribution in [-0.2, 0) is 6.54 Å². The van der Waals surface area contributed by atoms with Crippen molar-refractivity contribution in [3.8, 4) is 0 Å². The number of nitrogens with zero attached hydrogens (tertiary/aromatic N) is 2. The molecule has 1 aliphatic heterocycles. The van der Waals surface area contributed by atoms with E-state index in [0.29, 0.717) is 18.7 Å². The Morgan fingerprint density at radius 2 is 1.77 bits per heavy atom. The Morgan fingerprint density at radius 1 is 1.04 bits per heavy atom. The number of anilines is 1. The van der Waals surface area contributed by atoms with Crippen LogP contribution in [0.1, 0.15) is 26.4 Å². The second kappa shape index (κ2) is 6.64. The van der Waals surface area contributed by atoms with E-state index in [-0.39, 0.29) is 17.6 Å². The quantitative estimate of drug-likeness (QED) is 0.719. The molecule has 0 bridgehead atoms. The Hall–Kier alpha value is -3.14. The molecule has 1 atom stereocenters. The largest absolute Gasteiger partial charge is 0.344 e. The monoisotopic (exact) mass is 344 g/mol. The zero-order valence-electron chi connectivity index (χ0n) is 14.6. The van der Waals surface area contributed by atoms with E-state index in [1.807, 2.05) is 84.4 Å². The molecule has 1 amide bonds. The fourth-order valence-corrected chi connectivity index (χ4v) is 3.45. The van der Waals surface area contributed by atoms with Crippen molar-refractivity contribution in [2.45, 2.75) is 13.5 Å². The molecule has 1 aromatic heterocycles. The summed E-state index contributed by atoms with van der Waals surface area (Å²) in [6.45, 7) is 3.00. The standard InChI is InChI=1S/C22H20N2O2/c1-16-9-11-19(12-10-16)24(22(26)17-6-3-2-4-7-17)15-18-14-23-13-5-8-20(23)21(18)25/h2-13,18H,14-15H2,1H3. The van der Waals surface area contributed by atoms with Crippen LogP contribution >= 0.6 is 0 Å². The highest BCUT2D eigenvalue weighted by molar-refractivity contribution is 6.07. The zero-order chi connectivity index (χ0) is 18.1. The number of hydrogen-bond acceptors (Lipinski definition) is 2. The maximum absolute atomic E-state index is 13.1. The molecule has 1 unspecified atom stereocenters. The Bertz CT molecular complexity index is 942. The third-order valence-corrected chi connectivity index (χ3v) is 4.88. The van der Waals surface area contributed by atoms with Crippen LogP contribution in [0.15, 0.2) is 72.9 Å². The number of aromatic nitrogens is 1. The Morgan fingerprint density at radius 3 is 2.46 bits per heavy atom. The van der Waals surface area contributed by atoms with E-state index >= 15 is 0 Å². The van der Waals surface area contributed by atoms with Gasteiger partial charge in [-0.1, -0.05) is 35.9 Å². The molecule has 130 valence electrons. The molecule has 2 heterocycles. The summed E-state index contributed by atoms with van der Waals surface area (Å²) in [4.78, 5) is 27.5. The number of ketones is 1.